The Morgan fingerprint density at radius 3 is 3.00 bits per heavy atom. The molecule has 2 N–H and O–H groups in total. The molecule has 5 nitrogen and oxygen atoms in total. The van der Waals surface area contributed by atoms with E-state index in [9.17, 15) is 9.59 Å². The average molecular weight is 271 g/mol. The SMILES string of the molecule is CN1CCC(NC(=O)Cc2c[nH]c3ccccc23)C1=O. The second-order valence-corrected chi connectivity index (χ2v) is 5.20. The van der Waals surface area contributed by atoms with E-state index in [2.05, 4.69) is 10.3 Å². The number of para-hydroxylation sites is 1. The summed E-state index contributed by atoms with van der Waals surface area (Å²) >= 11 is 0. The molecule has 1 saturated heterocycles. The van der Waals surface area contributed by atoms with E-state index in [4.69, 9.17) is 0 Å². The fourth-order valence-corrected chi connectivity index (χ4v) is 2.65. The molecule has 0 spiro atoms. The van der Waals surface area contributed by atoms with E-state index in [0.29, 0.717) is 13.0 Å². The van der Waals surface area contributed by atoms with Crippen LogP contribution in [0.1, 0.15) is 12.0 Å². The van der Waals surface area contributed by atoms with Gasteiger partial charge in [-0.05, 0) is 18.1 Å². The van der Waals surface area contributed by atoms with Crippen LogP contribution in [0.4, 0.5) is 0 Å². The fourth-order valence-electron chi connectivity index (χ4n) is 2.65. The lowest BCUT2D eigenvalue weighted by Crippen LogP contribution is -2.41. The van der Waals surface area contributed by atoms with Crippen molar-refractivity contribution in [3.05, 3.63) is 36.0 Å². The Bertz CT molecular complexity index is 662. The lowest BCUT2D eigenvalue weighted by molar-refractivity contribution is -0.131. The van der Waals surface area contributed by atoms with Gasteiger partial charge in [-0.25, -0.2) is 0 Å². The normalized spacial score (nSPS) is 18.8. The van der Waals surface area contributed by atoms with Crippen LogP contribution in [-0.4, -0.2) is 41.3 Å². The standard InChI is InChI=1S/C15H17N3O2/c1-18-7-6-13(15(18)20)17-14(19)8-10-9-16-12-5-3-2-4-11(10)12/h2-5,9,13,16H,6-8H2,1H3,(H,17,19). The van der Waals surface area contributed by atoms with Crippen molar-refractivity contribution < 1.29 is 9.59 Å². The van der Waals surface area contributed by atoms with Crippen LogP contribution < -0.4 is 5.32 Å². The van der Waals surface area contributed by atoms with Crippen LogP contribution in [0, 0.1) is 0 Å². The third-order valence-corrected chi connectivity index (χ3v) is 3.79. The number of likely N-dealkylation sites (N-methyl/N-ethyl adjacent to an activating group) is 1. The number of fused-ring (bicyclic) bond motifs is 1. The summed E-state index contributed by atoms with van der Waals surface area (Å²) in [4.78, 5) is 28.6. The molecule has 0 aliphatic carbocycles. The minimum Gasteiger partial charge on any atom is -0.361 e. The Morgan fingerprint density at radius 2 is 2.25 bits per heavy atom. The summed E-state index contributed by atoms with van der Waals surface area (Å²) in [7, 11) is 1.76. The van der Waals surface area contributed by atoms with Gasteiger partial charge in [0.25, 0.3) is 0 Å². The van der Waals surface area contributed by atoms with Crippen LogP contribution >= 0.6 is 0 Å². The van der Waals surface area contributed by atoms with Crippen LogP contribution in [-0.2, 0) is 16.0 Å². The van der Waals surface area contributed by atoms with Gasteiger partial charge in [-0.15, -0.1) is 0 Å². The van der Waals surface area contributed by atoms with Crippen LogP contribution in [0.5, 0.6) is 0 Å². The zero-order valence-electron chi connectivity index (χ0n) is 11.3. The van der Waals surface area contributed by atoms with E-state index in [1.807, 2.05) is 30.5 Å². The largest absolute Gasteiger partial charge is 0.361 e. The van der Waals surface area contributed by atoms with Crippen LogP contribution in [0.15, 0.2) is 30.5 Å². The lowest BCUT2D eigenvalue weighted by atomic mass is 10.1. The Kier molecular flexibility index (Phi) is 3.18. The maximum atomic E-state index is 12.1. The number of amides is 2. The Morgan fingerprint density at radius 1 is 1.45 bits per heavy atom. The Labute approximate surface area is 117 Å². The molecule has 2 amide bonds. The number of likely N-dealkylation sites (tertiary alicyclic amines) is 1. The molecule has 0 radical (unpaired) electrons. The first kappa shape index (κ1) is 12.7. The molecule has 1 aromatic carbocycles. The highest BCUT2D eigenvalue weighted by molar-refractivity contribution is 5.92. The maximum Gasteiger partial charge on any atom is 0.244 e. The number of nitrogens with one attached hydrogen (secondary N) is 2. The molecule has 20 heavy (non-hydrogen) atoms. The van der Waals surface area contributed by atoms with E-state index in [0.717, 1.165) is 16.5 Å². The molecule has 0 bridgehead atoms. The summed E-state index contributed by atoms with van der Waals surface area (Å²) in [5, 5.41) is 3.87. The predicted octanol–water partition coefficient (Wildman–Crippen LogP) is 1.06. The number of carbonyl (C=O) groups excluding carboxylic acids is 2. The first-order valence-electron chi connectivity index (χ1n) is 6.74. The zero-order chi connectivity index (χ0) is 14.1. The first-order chi connectivity index (χ1) is 9.65. The van der Waals surface area contributed by atoms with Gasteiger partial charge in [0.05, 0.1) is 6.42 Å². The lowest BCUT2D eigenvalue weighted by Gasteiger charge is -2.12. The Hall–Kier alpha value is -2.30. The summed E-state index contributed by atoms with van der Waals surface area (Å²) in [6.07, 6.45) is 2.83. The number of rotatable bonds is 3. The van der Waals surface area contributed by atoms with Gasteiger partial charge in [0.1, 0.15) is 6.04 Å². The molecule has 2 heterocycles. The molecular formula is C15H17N3O2. The summed E-state index contributed by atoms with van der Waals surface area (Å²) in [5.74, 6) is -0.110. The molecule has 0 saturated carbocycles. The van der Waals surface area contributed by atoms with E-state index < -0.39 is 0 Å². The quantitative estimate of drug-likeness (QED) is 0.876. The molecule has 3 rings (SSSR count). The smallest absolute Gasteiger partial charge is 0.244 e. The molecule has 1 fully saturated rings. The van der Waals surface area contributed by atoms with Crippen LogP contribution in [0.3, 0.4) is 0 Å². The summed E-state index contributed by atoms with van der Waals surface area (Å²) in [6, 6.07) is 7.51. The highest BCUT2D eigenvalue weighted by Crippen LogP contribution is 2.18. The van der Waals surface area contributed by atoms with Gasteiger partial charge in [0.15, 0.2) is 0 Å². The van der Waals surface area contributed by atoms with Crippen LogP contribution in [0.2, 0.25) is 0 Å². The van der Waals surface area contributed by atoms with Crippen LogP contribution in [0.25, 0.3) is 10.9 Å². The molecule has 1 aliphatic heterocycles. The number of hydrogen-bond acceptors (Lipinski definition) is 2. The first-order valence-corrected chi connectivity index (χ1v) is 6.74. The molecule has 5 heteroatoms. The van der Waals surface area contributed by atoms with Gasteiger partial charge >= 0.3 is 0 Å². The van der Waals surface area contributed by atoms with E-state index in [1.165, 1.54) is 0 Å². The zero-order valence-corrected chi connectivity index (χ0v) is 11.3. The number of benzene rings is 1. The third-order valence-electron chi connectivity index (χ3n) is 3.79. The van der Waals surface area contributed by atoms with Crippen molar-refractivity contribution >= 4 is 22.7 Å². The van der Waals surface area contributed by atoms with Crippen molar-refractivity contribution in [2.45, 2.75) is 18.9 Å². The third kappa shape index (κ3) is 2.27. The van der Waals surface area contributed by atoms with Crippen molar-refractivity contribution in [2.24, 2.45) is 0 Å². The summed E-state index contributed by atoms with van der Waals surface area (Å²) in [5.41, 5.74) is 1.98. The van der Waals surface area contributed by atoms with Gasteiger partial charge in [-0.3, -0.25) is 9.59 Å². The number of carbonyl (C=O) groups is 2. The predicted molar refractivity (Wildman–Crippen MR) is 76.2 cm³/mol. The Balaban J connectivity index is 1.69. The number of hydrogen-bond donors (Lipinski definition) is 2. The minimum absolute atomic E-state index is 0.00252. The van der Waals surface area contributed by atoms with Crippen molar-refractivity contribution in [3.8, 4) is 0 Å². The topological polar surface area (TPSA) is 65.2 Å². The van der Waals surface area contributed by atoms with Crippen molar-refractivity contribution in [1.82, 2.24) is 15.2 Å². The highest BCUT2D eigenvalue weighted by Gasteiger charge is 2.30. The van der Waals surface area contributed by atoms with Gasteiger partial charge in [0.2, 0.25) is 11.8 Å². The molecule has 2 aromatic rings. The average Bonchev–Trinajstić information content (AvgIpc) is 2.98. The molecule has 104 valence electrons. The summed E-state index contributed by atoms with van der Waals surface area (Å²) in [6.45, 7) is 0.705. The van der Waals surface area contributed by atoms with Gasteiger partial charge in [-0.1, -0.05) is 18.2 Å². The van der Waals surface area contributed by atoms with Crippen molar-refractivity contribution in [2.75, 3.05) is 13.6 Å². The molecule has 1 unspecified atom stereocenters. The van der Waals surface area contributed by atoms with E-state index in [1.54, 1.807) is 11.9 Å². The molecular weight excluding hydrogens is 254 g/mol. The van der Waals surface area contributed by atoms with Gasteiger partial charge in [0, 0.05) is 30.7 Å². The number of H-pyrrole nitrogens is 1. The van der Waals surface area contributed by atoms with Gasteiger partial charge in [-0.2, -0.15) is 0 Å². The van der Waals surface area contributed by atoms with Crippen molar-refractivity contribution in [3.63, 3.8) is 0 Å². The number of aromatic nitrogens is 1. The highest BCUT2D eigenvalue weighted by atomic mass is 16.2. The maximum absolute atomic E-state index is 12.1. The second kappa shape index (κ2) is 5.00. The summed E-state index contributed by atoms with van der Waals surface area (Å²) < 4.78 is 0. The van der Waals surface area contributed by atoms with Crippen molar-refractivity contribution in [1.29, 1.82) is 0 Å². The van der Waals surface area contributed by atoms with Gasteiger partial charge < -0.3 is 15.2 Å². The number of aromatic amines is 1. The monoisotopic (exact) mass is 271 g/mol. The fraction of sp³-hybridized carbons (Fsp3) is 0.333. The minimum atomic E-state index is -0.363. The second-order valence-electron chi connectivity index (χ2n) is 5.20. The number of nitrogens with zero attached hydrogens (tertiary/aromatic N) is 1. The van der Waals surface area contributed by atoms with E-state index in [-0.39, 0.29) is 24.3 Å². The molecule has 1 atom stereocenters. The molecule has 1 aliphatic rings. The molecule has 1 aromatic heterocycles. The van der Waals surface area contributed by atoms with E-state index >= 15 is 0 Å².